The Hall–Kier alpha value is -1.84. The molecule has 1 heterocycles. The lowest BCUT2D eigenvalue weighted by molar-refractivity contribution is -0.142. The van der Waals surface area contributed by atoms with Crippen molar-refractivity contribution in [2.75, 3.05) is 25.2 Å². The van der Waals surface area contributed by atoms with Gasteiger partial charge in [-0.15, -0.1) is 0 Å². The van der Waals surface area contributed by atoms with Crippen LogP contribution in [0.15, 0.2) is 0 Å². The van der Waals surface area contributed by atoms with Crippen LogP contribution < -0.4 is 5.32 Å². The van der Waals surface area contributed by atoms with Crippen LogP contribution in [0.4, 0.5) is 4.79 Å². The summed E-state index contributed by atoms with van der Waals surface area (Å²) in [5, 5.41) is 11.1. The van der Waals surface area contributed by atoms with Gasteiger partial charge in [0, 0.05) is 6.04 Å². The fourth-order valence-corrected chi connectivity index (χ4v) is 3.77. The second-order valence-corrected chi connectivity index (χ2v) is 7.00. The lowest BCUT2D eigenvalue weighted by Gasteiger charge is -2.27. The second-order valence-electron chi connectivity index (χ2n) is 4.77. The Kier molecular flexibility index (Phi) is 5.53. The Labute approximate surface area is 122 Å². The molecule has 1 fully saturated rings. The summed E-state index contributed by atoms with van der Waals surface area (Å²) in [6.07, 6.45) is 0.176. The van der Waals surface area contributed by atoms with Gasteiger partial charge >= 0.3 is 18.0 Å². The Bertz CT molecular complexity index is 531. The van der Waals surface area contributed by atoms with Gasteiger partial charge in [0.2, 0.25) is 0 Å². The topological polar surface area (TPSA) is 130 Å². The van der Waals surface area contributed by atoms with Crippen LogP contribution in [0.2, 0.25) is 0 Å². The quantitative estimate of drug-likeness (QED) is 0.610. The molecule has 10 heteroatoms. The molecule has 2 amide bonds. The summed E-state index contributed by atoms with van der Waals surface area (Å²) in [5.74, 6) is -2.31. The summed E-state index contributed by atoms with van der Waals surface area (Å²) < 4.78 is 27.3. The summed E-state index contributed by atoms with van der Waals surface area (Å²) >= 11 is 0. The third-order valence-corrected chi connectivity index (χ3v) is 4.86. The van der Waals surface area contributed by atoms with Crippen LogP contribution in [0.25, 0.3) is 0 Å². The van der Waals surface area contributed by atoms with Gasteiger partial charge in [0.25, 0.3) is 0 Å². The van der Waals surface area contributed by atoms with Crippen LogP contribution in [-0.2, 0) is 24.2 Å². The van der Waals surface area contributed by atoms with E-state index >= 15 is 0 Å². The highest BCUT2D eigenvalue weighted by atomic mass is 32.2. The molecule has 1 saturated heterocycles. The largest absolute Gasteiger partial charge is 0.480 e. The third-order valence-electron chi connectivity index (χ3n) is 3.11. The standard InChI is InChI=1S/C11H18N2O7S/c1-7(10(16)20-2)12-11(17)13(5-9(14)15)8-3-4-21(18,19)6-8/h7-8H,3-6H2,1-2H3,(H,12,17)(H,14,15). The molecule has 120 valence electrons. The molecule has 2 unspecified atom stereocenters. The number of carboxylic acid groups (broad SMARTS) is 1. The smallest absolute Gasteiger partial charge is 0.328 e. The van der Waals surface area contributed by atoms with Gasteiger partial charge in [0.1, 0.15) is 12.6 Å². The molecule has 0 aliphatic carbocycles. The first-order chi connectivity index (χ1) is 9.66. The number of rotatable bonds is 5. The summed E-state index contributed by atoms with van der Waals surface area (Å²) in [4.78, 5) is 35.1. The SMILES string of the molecule is COC(=O)C(C)NC(=O)N(CC(=O)O)C1CCS(=O)(=O)C1. The minimum atomic E-state index is -3.27. The molecule has 0 aromatic rings. The van der Waals surface area contributed by atoms with Gasteiger partial charge in [-0.25, -0.2) is 18.0 Å². The molecule has 0 aromatic heterocycles. The highest BCUT2D eigenvalue weighted by Gasteiger charge is 2.36. The zero-order valence-corrected chi connectivity index (χ0v) is 12.6. The maximum absolute atomic E-state index is 12.1. The number of sulfone groups is 1. The molecule has 0 spiro atoms. The van der Waals surface area contributed by atoms with Crippen LogP contribution in [0.3, 0.4) is 0 Å². The molecule has 21 heavy (non-hydrogen) atoms. The Morgan fingerprint density at radius 3 is 2.48 bits per heavy atom. The fraction of sp³-hybridized carbons (Fsp3) is 0.727. The van der Waals surface area contributed by atoms with Crippen molar-refractivity contribution in [3.05, 3.63) is 0 Å². The molecule has 1 rings (SSSR count). The molecule has 0 saturated carbocycles. The van der Waals surface area contributed by atoms with Gasteiger partial charge in [0.15, 0.2) is 9.84 Å². The number of hydrogen-bond donors (Lipinski definition) is 2. The number of nitrogens with one attached hydrogen (secondary N) is 1. The summed E-state index contributed by atoms with van der Waals surface area (Å²) in [5.41, 5.74) is 0. The van der Waals surface area contributed by atoms with Crippen molar-refractivity contribution in [3.63, 3.8) is 0 Å². The number of hydrogen-bond acceptors (Lipinski definition) is 6. The summed E-state index contributed by atoms with van der Waals surface area (Å²) in [7, 11) is -2.11. The molecule has 9 nitrogen and oxygen atoms in total. The summed E-state index contributed by atoms with van der Waals surface area (Å²) in [6.45, 7) is 0.744. The third kappa shape index (κ3) is 4.88. The van der Waals surface area contributed by atoms with Crippen molar-refractivity contribution in [1.29, 1.82) is 0 Å². The van der Waals surface area contributed by atoms with E-state index in [2.05, 4.69) is 10.1 Å². The van der Waals surface area contributed by atoms with E-state index in [9.17, 15) is 22.8 Å². The number of esters is 1. The van der Waals surface area contributed by atoms with Crippen LogP contribution in [-0.4, -0.2) is 73.6 Å². The van der Waals surface area contributed by atoms with Crippen LogP contribution in [0.5, 0.6) is 0 Å². The Balaban J connectivity index is 2.80. The number of methoxy groups -OCH3 is 1. The van der Waals surface area contributed by atoms with E-state index in [0.29, 0.717) is 0 Å². The number of aliphatic carboxylic acids is 1. The van der Waals surface area contributed by atoms with Crippen molar-refractivity contribution in [2.45, 2.75) is 25.4 Å². The minimum Gasteiger partial charge on any atom is -0.480 e. The van der Waals surface area contributed by atoms with Gasteiger partial charge in [0.05, 0.1) is 18.6 Å². The molecule has 0 bridgehead atoms. The monoisotopic (exact) mass is 322 g/mol. The number of carbonyl (C=O) groups is 3. The maximum atomic E-state index is 12.1. The molecule has 1 aliphatic rings. The lowest BCUT2D eigenvalue weighted by atomic mass is 10.2. The van der Waals surface area contributed by atoms with Crippen molar-refractivity contribution >= 4 is 27.8 Å². The predicted octanol–water partition coefficient (Wildman–Crippen LogP) is -1.17. The number of amides is 2. The average Bonchev–Trinajstić information content (AvgIpc) is 2.74. The molecule has 2 N–H and O–H groups in total. The van der Waals surface area contributed by atoms with E-state index in [1.54, 1.807) is 0 Å². The van der Waals surface area contributed by atoms with E-state index < -0.39 is 46.4 Å². The number of nitrogens with zero attached hydrogens (tertiary/aromatic N) is 1. The molecule has 0 aromatic carbocycles. The Morgan fingerprint density at radius 2 is 2.05 bits per heavy atom. The molecular weight excluding hydrogens is 304 g/mol. The van der Waals surface area contributed by atoms with Crippen LogP contribution in [0.1, 0.15) is 13.3 Å². The van der Waals surface area contributed by atoms with Crippen LogP contribution >= 0.6 is 0 Å². The lowest BCUT2D eigenvalue weighted by Crippen LogP contribution is -2.52. The maximum Gasteiger partial charge on any atom is 0.328 e. The van der Waals surface area contributed by atoms with E-state index in [1.807, 2.05) is 0 Å². The van der Waals surface area contributed by atoms with Crippen molar-refractivity contribution < 1.29 is 32.6 Å². The number of carboxylic acids is 1. The molecular formula is C11H18N2O7S. The zero-order chi connectivity index (χ0) is 16.2. The highest BCUT2D eigenvalue weighted by molar-refractivity contribution is 7.91. The van der Waals surface area contributed by atoms with Gasteiger partial charge in [-0.05, 0) is 13.3 Å². The van der Waals surface area contributed by atoms with Gasteiger partial charge < -0.3 is 20.1 Å². The number of urea groups is 1. The normalized spacial score (nSPS) is 21.3. The first-order valence-corrected chi connectivity index (χ1v) is 8.05. The van der Waals surface area contributed by atoms with Gasteiger partial charge in [-0.1, -0.05) is 0 Å². The fourth-order valence-electron chi connectivity index (χ4n) is 2.04. The average molecular weight is 322 g/mol. The van der Waals surface area contributed by atoms with Crippen molar-refractivity contribution in [1.82, 2.24) is 10.2 Å². The predicted molar refractivity (Wildman–Crippen MR) is 71.4 cm³/mol. The van der Waals surface area contributed by atoms with Crippen molar-refractivity contribution in [3.8, 4) is 0 Å². The highest BCUT2D eigenvalue weighted by Crippen LogP contribution is 2.18. The molecule has 1 aliphatic heterocycles. The number of ether oxygens (including phenoxy) is 1. The Morgan fingerprint density at radius 1 is 1.43 bits per heavy atom. The van der Waals surface area contributed by atoms with Gasteiger partial charge in [-0.3, -0.25) is 4.79 Å². The zero-order valence-electron chi connectivity index (χ0n) is 11.7. The van der Waals surface area contributed by atoms with E-state index in [4.69, 9.17) is 5.11 Å². The van der Waals surface area contributed by atoms with Crippen LogP contribution in [0, 0.1) is 0 Å². The molecule has 2 atom stereocenters. The second kappa shape index (κ2) is 6.74. The van der Waals surface area contributed by atoms with Crippen molar-refractivity contribution in [2.24, 2.45) is 0 Å². The first kappa shape index (κ1) is 17.2. The van der Waals surface area contributed by atoms with Gasteiger partial charge in [-0.2, -0.15) is 0 Å². The molecule has 0 radical (unpaired) electrons. The first-order valence-electron chi connectivity index (χ1n) is 6.23. The van der Waals surface area contributed by atoms with E-state index in [-0.39, 0.29) is 17.9 Å². The van der Waals surface area contributed by atoms with E-state index in [0.717, 1.165) is 12.0 Å². The minimum absolute atomic E-state index is 0.0897. The summed E-state index contributed by atoms with van der Waals surface area (Å²) in [6, 6.07) is -2.48. The van der Waals surface area contributed by atoms with E-state index in [1.165, 1.54) is 6.92 Å². The number of carbonyl (C=O) groups excluding carboxylic acids is 2.